The third kappa shape index (κ3) is 4.70. The summed E-state index contributed by atoms with van der Waals surface area (Å²) in [6.45, 7) is 0. The smallest absolute Gasteiger partial charge is 0.320 e. The molecule has 1 aliphatic rings. The molecule has 0 bridgehead atoms. The Balaban J connectivity index is 1.50. The Bertz CT molecular complexity index is 760. The maximum Gasteiger partial charge on any atom is 0.320 e. The van der Waals surface area contributed by atoms with Crippen LogP contribution in [0.15, 0.2) is 48.5 Å². The standard InChI is InChI=1S/C19H21F2N3O2/c20-13-5-7-14(8-6-13)26-15-9-11-19(22,12-10-15)24-18(25)23-17-4-2-1-3-16(17)21/h1-8,15H,9-12,22H2,(H2,23,24,25). The molecule has 1 saturated carbocycles. The van der Waals surface area contributed by atoms with Crippen molar-refractivity contribution in [2.75, 3.05) is 5.32 Å². The number of carbonyl (C=O) groups excluding carboxylic acids is 1. The molecule has 7 heteroatoms. The van der Waals surface area contributed by atoms with Crippen LogP contribution in [0.2, 0.25) is 0 Å². The van der Waals surface area contributed by atoms with E-state index in [2.05, 4.69) is 10.6 Å². The van der Waals surface area contributed by atoms with Gasteiger partial charge >= 0.3 is 6.03 Å². The zero-order valence-electron chi connectivity index (χ0n) is 14.2. The molecule has 1 aliphatic carbocycles. The van der Waals surface area contributed by atoms with E-state index in [1.807, 2.05) is 0 Å². The summed E-state index contributed by atoms with van der Waals surface area (Å²) < 4.78 is 32.3. The number of benzene rings is 2. The van der Waals surface area contributed by atoms with Crippen molar-refractivity contribution in [2.24, 2.45) is 5.73 Å². The lowest BCUT2D eigenvalue weighted by molar-refractivity contribution is 0.108. The molecule has 2 aromatic carbocycles. The summed E-state index contributed by atoms with van der Waals surface area (Å²) in [5.41, 5.74) is 5.48. The van der Waals surface area contributed by atoms with E-state index < -0.39 is 17.5 Å². The van der Waals surface area contributed by atoms with E-state index in [0.717, 1.165) is 0 Å². The number of hydrogen-bond donors (Lipinski definition) is 3. The van der Waals surface area contributed by atoms with Crippen molar-refractivity contribution in [3.63, 3.8) is 0 Å². The summed E-state index contributed by atoms with van der Waals surface area (Å²) in [4.78, 5) is 12.1. The predicted molar refractivity (Wildman–Crippen MR) is 94.8 cm³/mol. The fourth-order valence-corrected chi connectivity index (χ4v) is 3.00. The fraction of sp³-hybridized carbons (Fsp3) is 0.316. The normalized spacial score (nSPS) is 22.5. The molecule has 0 unspecified atom stereocenters. The van der Waals surface area contributed by atoms with Crippen molar-refractivity contribution in [2.45, 2.75) is 37.5 Å². The van der Waals surface area contributed by atoms with Crippen LogP contribution in [0.1, 0.15) is 25.7 Å². The van der Waals surface area contributed by atoms with Gasteiger partial charge in [0.2, 0.25) is 0 Å². The van der Waals surface area contributed by atoms with Gasteiger partial charge in [-0.05, 0) is 62.1 Å². The minimum Gasteiger partial charge on any atom is -0.490 e. The molecule has 0 radical (unpaired) electrons. The first-order valence-corrected chi connectivity index (χ1v) is 8.48. The average molecular weight is 361 g/mol. The summed E-state index contributed by atoms with van der Waals surface area (Å²) in [7, 11) is 0. The number of anilines is 1. The molecule has 5 nitrogen and oxygen atoms in total. The number of halogens is 2. The van der Waals surface area contributed by atoms with Crippen LogP contribution in [-0.2, 0) is 0 Å². The van der Waals surface area contributed by atoms with E-state index in [4.69, 9.17) is 10.5 Å². The van der Waals surface area contributed by atoms with Crippen LogP contribution in [0.5, 0.6) is 5.75 Å². The zero-order chi connectivity index (χ0) is 18.6. The second kappa shape index (κ2) is 7.70. The molecule has 3 rings (SSSR count). The Kier molecular flexibility index (Phi) is 5.37. The van der Waals surface area contributed by atoms with Gasteiger partial charge in [0.15, 0.2) is 0 Å². The minimum atomic E-state index is -0.877. The largest absolute Gasteiger partial charge is 0.490 e. The van der Waals surface area contributed by atoms with Gasteiger partial charge in [0.1, 0.15) is 17.4 Å². The number of amides is 2. The highest BCUT2D eigenvalue weighted by molar-refractivity contribution is 5.89. The van der Waals surface area contributed by atoms with Crippen LogP contribution in [-0.4, -0.2) is 17.8 Å². The molecule has 0 saturated heterocycles. The lowest BCUT2D eigenvalue weighted by atomic mass is 9.87. The van der Waals surface area contributed by atoms with E-state index in [0.29, 0.717) is 31.4 Å². The molecule has 0 heterocycles. The highest BCUT2D eigenvalue weighted by atomic mass is 19.1. The number of nitrogens with two attached hydrogens (primary N) is 1. The number of urea groups is 1. The molecule has 26 heavy (non-hydrogen) atoms. The Hall–Kier alpha value is -2.67. The highest BCUT2D eigenvalue weighted by Gasteiger charge is 2.34. The second-order valence-electron chi connectivity index (χ2n) is 6.49. The van der Waals surface area contributed by atoms with Crippen molar-refractivity contribution in [1.29, 1.82) is 0 Å². The van der Waals surface area contributed by atoms with Crippen molar-refractivity contribution < 1.29 is 18.3 Å². The molecule has 0 spiro atoms. The number of para-hydroxylation sites is 1. The summed E-state index contributed by atoms with van der Waals surface area (Å²) in [6.07, 6.45) is 2.28. The van der Waals surface area contributed by atoms with Crippen molar-refractivity contribution >= 4 is 11.7 Å². The lowest BCUT2D eigenvalue weighted by Gasteiger charge is -2.37. The van der Waals surface area contributed by atoms with Gasteiger partial charge in [-0.15, -0.1) is 0 Å². The first kappa shape index (κ1) is 18.1. The Labute approximate surface area is 150 Å². The first-order chi connectivity index (χ1) is 12.4. The van der Waals surface area contributed by atoms with Crippen LogP contribution in [0, 0.1) is 11.6 Å². The van der Waals surface area contributed by atoms with Crippen molar-refractivity contribution in [1.82, 2.24) is 5.32 Å². The monoisotopic (exact) mass is 361 g/mol. The van der Waals surface area contributed by atoms with Crippen LogP contribution in [0.25, 0.3) is 0 Å². The van der Waals surface area contributed by atoms with E-state index in [-0.39, 0.29) is 17.6 Å². The molecule has 0 aliphatic heterocycles. The average Bonchev–Trinajstić information content (AvgIpc) is 2.61. The molecular weight excluding hydrogens is 340 g/mol. The van der Waals surface area contributed by atoms with Crippen LogP contribution < -0.4 is 21.1 Å². The molecule has 2 aromatic rings. The quantitative estimate of drug-likeness (QED) is 0.726. The van der Waals surface area contributed by atoms with Gasteiger partial charge in [0.25, 0.3) is 0 Å². The van der Waals surface area contributed by atoms with Gasteiger partial charge in [0, 0.05) is 0 Å². The van der Waals surface area contributed by atoms with E-state index in [1.165, 1.54) is 24.3 Å². The minimum absolute atomic E-state index is 0.0476. The molecule has 138 valence electrons. The third-order valence-corrected chi connectivity index (χ3v) is 4.43. The molecule has 2 amide bonds. The fourth-order valence-electron chi connectivity index (χ4n) is 3.00. The number of carbonyl (C=O) groups is 1. The Morgan fingerprint density at radius 1 is 1.08 bits per heavy atom. The number of rotatable bonds is 4. The summed E-state index contributed by atoms with van der Waals surface area (Å²) in [5, 5.41) is 5.19. The van der Waals surface area contributed by atoms with Gasteiger partial charge < -0.3 is 21.1 Å². The Morgan fingerprint density at radius 2 is 1.73 bits per heavy atom. The zero-order valence-corrected chi connectivity index (χ0v) is 14.2. The second-order valence-corrected chi connectivity index (χ2v) is 6.49. The molecule has 0 atom stereocenters. The SMILES string of the molecule is NC1(NC(=O)Nc2ccccc2F)CCC(Oc2ccc(F)cc2)CC1. The highest BCUT2D eigenvalue weighted by Crippen LogP contribution is 2.28. The summed E-state index contributed by atoms with van der Waals surface area (Å²) in [5.74, 6) is -0.219. The summed E-state index contributed by atoms with van der Waals surface area (Å²) >= 11 is 0. The van der Waals surface area contributed by atoms with Crippen LogP contribution in [0.4, 0.5) is 19.3 Å². The number of hydrogen-bond acceptors (Lipinski definition) is 3. The third-order valence-electron chi connectivity index (χ3n) is 4.43. The van der Waals surface area contributed by atoms with Crippen LogP contribution in [0.3, 0.4) is 0 Å². The van der Waals surface area contributed by atoms with Crippen LogP contribution >= 0.6 is 0 Å². The lowest BCUT2D eigenvalue weighted by Crippen LogP contribution is -2.59. The maximum atomic E-state index is 13.6. The Morgan fingerprint density at radius 3 is 2.38 bits per heavy atom. The molecule has 1 fully saturated rings. The van der Waals surface area contributed by atoms with E-state index >= 15 is 0 Å². The summed E-state index contributed by atoms with van der Waals surface area (Å²) in [6, 6.07) is 11.2. The van der Waals surface area contributed by atoms with E-state index in [9.17, 15) is 13.6 Å². The number of ether oxygens (including phenoxy) is 1. The van der Waals surface area contributed by atoms with Crippen molar-refractivity contribution in [3.05, 3.63) is 60.2 Å². The molecule has 0 aromatic heterocycles. The topological polar surface area (TPSA) is 76.4 Å². The molecular formula is C19H21F2N3O2. The van der Waals surface area contributed by atoms with Crippen molar-refractivity contribution in [3.8, 4) is 5.75 Å². The predicted octanol–water partition coefficient (Wildman–Crippen LogP) is 3.76. The number of nitrogens with one attached hydrogen (secondary N) is 2. The van der Waals surface area contributed by atoms with Gasteiger partial charge in [-0.1, -0.05) is 12.1 Å². The molecule has 4 N–H and O–H groups in total. The van der Waals surface area contributed by atoms with Gasteiger partial charge in [0.05, 0.1) is 17.5 Å². The van der Waals surface area contributed by atoms with Gasteiger partial charge in [-0.25, -0.2) is 13.6 Å². The maximum absolute atomic E-state index is 13.6. The van der Waals surface area contributed by atoms with Gasteiger partial charge in [-0.2, -0.15) is 0 Å². The van der Waals surface area contributed by atoms with E-state index in [1.54, 1.807) is 24.3 Å². The first-order valence-electron chi connectivity index (χ1n) is 8.48. The van der Waals surface area contributed by atoms with Gasteiger partial charge in [-0.3, -0.25) is 0 Å².